The van der Waals surface area contributed by atoms with Gasteiger partial charge in [0.25, 0.3) is 0 Å². The second-order valence-corrected chi connectivity index (χ2v) is 4.54. The number of benzene rings is 1. The first-order valence-corrected chi connectivity index (χ1v) is 5.83. The molecule has 1 aliphatic rings. The lowest BCUT2D eigenvalue weighted by Crippen LogP contribution is -2.24. The van der Waals surface area contributed by atoms with Crippen LogP contribution in [0.15, 0.2) is 17.1 Å². The minimum atomic E-state index is -1.19. The van der Waals surface area contributed by atoms with E-state index in [2.05, 4.69) is 4.99 Å². The summed E-state index contributed by atoms with van der Waals surface area (Å²) in [7, 11) is 0. The van der Waals surface area contributed by atoms with Crippen molar-refractivity contribution in [3.63, 3.8) is 0 Å². The quantitative estimate of drug-likeness (QED) is 0.759. The van der Waals surface area contributed by atoms with E-state index in [4.69, 9.17) is 4.74 Å². The van der Waals surface area contributed by atoms with E-state index in [0.717, 1.165) is 18.6 Å². The van der Waals surface area contributed by atoms with Crippen LogP contribution in [0.1, 0.15) is 32.3 Å². The number of ether oxygens (including phenoxy) is 1. The predicted molar refractivity (Wildman–Crippen MR) is 62.0 cm³/mol. The molecule has 0 aliphatic carbocycles. The summed E-state index contributed by atoms with van der Waals surface area (Å²) in [5.41, 5.74) is -1.56. The van der Waals surface area contributed by atoms with Crippen LogP contribution in [0.4, 0.5) is 13.2 Å². The Balaban J connectivity index is 2.46. The van der Waals surface area contributed by atoms with Gasteiger partial charge >= 0.3 is 0 Å². The van der Waals surface area contributed by atoms with E-state index in [1.54, 1.807) is 0 Å². The summed E-state index contributed by atoms with van der Waals surface area (Å²) in [5.74, 6) is -2.61. The van der Waals surface area contributed by atoms with E-state index in [-0.39, 0.29) is 12.2 Å². The molecule has 0 saturated heterocycles. The molecule has 0 amide bonds. The zero-order valence-electron chi connectivity index (χ0n) is 10.3. The molecule has 5 heteroatoms. The third kappa shape index (κ3) is 2.09. The van der Waals surface area contributed by atoms with Gasteiger partial charge in [-0.25, -0.2) is 18.2 Å². The highest BCUT2D eigenvalue weighted by Crippen LogP contribution is 2.35. The van der Waals surface area contributed by atoms with Crippen molar-refractivity contribution in [2.24, 2.45) is 4.99 Å². The smallest absolute Gasteiger partial charge is 0.184 e. The van der Waals surface area contributed by atoms with Gasteiger partial charge < -0.3 is 4.74 Å². The number of nitrogens with zero attached hydrogens (tertiary/aromatic N) is 1. The summed E-state index contributed by atoms with van der Waals surface area (Å²) >= 11 is 0. The Morgan fingerprint density at radius 2 is 1.94 bits per heavy atom. The first kappa shape index (κ1) is 12.9. The Bertz CT molecular complexity index is 501. The molecule has 18 heavy (non-hydrogen) atoms. The van der Waals surface area contributed by atoms with Gasteiger partial charge in [0, 0.05) is 6.42 Å². The molecule has 0 bridgehead atoms. The Labute approximate surface area is 103 Å². The van der Waals surface area contributed by atoms with E-state index in [9.17, 15) is 13.2 Å². The van der Waals surface area contributed by atoms with Crippen LogP contribution in [0.3, 0.4) is 0 Å². The maximum absolute atomic E-state index is 13.7. The van der Waals surface area contributed by atoms with Crippen LogP contribution in [-0.2, 0) is 10.3 Å². The summed E-state index contributed by atoms with van der Waals surface area (Å²) < 4.78 is 45.9. The normalized spacial score (nSPS) is 22.8. The summed E-state index contributed by atoms with van der Waals surface area (Å²) in [4.78, 5) is 4.19. The van der Waals surface area contributed by atoms with Crippen molar-refractivity contribution in [2.45, 2.75) is 32.2 Å². The maximum atomic E-state index is 13.7. The van der Waals surface area contributed by atoms with Crippen molar-refractivity contribution < 1.29 is 17.9 Å². The molecule has 1 atom stereocenters. The highest BCUT2D eigenvalue weighted by atomic mass is 19.2. The zero-order valence-corrected chi connectivity index (χ0v) is 10.3. The predicted octanol–water partition coefficient (Wildman–Crippen LogP) is 3.55. The molecule has 0 N–H and O–H groups in total. The average Bonchev–Trinajstić information content (AvgIpc) is 2.67. The van der Waals surface area contributed by atoms with Crippen molar-refractivity contribution in [2.75, 3.05) is 6.61 Å². The first-order chi connectivity index (χ1) is 8.48. The van der Waals surface area contributed by atoms with Crippen LogP contribution in [0, 0.1) is 17.5 Å². The molecule has 1 aliphatic heterocycles. The summed E-state index contributed by atoms with van der Waals surface area (Å²) in [6.07, 6.45) is 1.43. The lowest BCUT2D eigenvalue weighted by Gasteiger charge is -2.20. The van der Waals surface area contributed by atoms with Gasteiger partial charge in [0.2, 0.25) is 0 Å². The molecule has 0 aromatic heterocycles. The van der Waals surface area contributed by atoms with Gasteiger partial charge in [-0.15, -0.1) is 0 Å². The Hall–Kier alpha value is -1.52. The third-order valence-electron chi connectivity index (χ3n) is 2.94. The number of aliphatic imine (C=N–C) groups is 1. The van der Waals surface area contributed by atoms with Gasteiger partial charge in [-0.3, -0.25) is 0 Å². The first-order valence-electron chi connectivity index (χ1n) is 5.83. The van der Waals surface area contributed by atoms with Crippen molar-refractivity contribution in [1.29, 1.82) is 0 Å². The van der Waals surface area contributed by atoms with E-state index in [1.165, 1.54) is 6.92 Å². The van der Waals surface area contributed by atoms with Crippen molar-refractivity contribution in [3.05, 3.63) is 35.1 Å². The van der Waals surface area contributed by atoms with Gasteiger partial charge in [0.1, 0.15) is 18.0 Å². The standard InChI is InChI=1S/C13H14F3NO/c1-3-4-10-17-13(2,7-18-10)11-8(14)5-6-9(15)12(11)16/h5-6H,3-4,7H2,1-2H3. The van der Waals surface area contributed by atoms with Gasteiger partial charge in [-0.1, -0.05) is 6.92 Å². The van der Waals surface area contributed by atoms with Crippen LogP contribution in [0.5, 0.6) is 0 Å². The summed E-state index contributed by atoms with van der Waals surface area (Å²) in [6.45, 7) is 3.51. The second kappa shape index (κ2) is 4.63. The summed E-state index contributed by atoms with van der Waals surface area (Å²) in [5, 5.41) is 0. The van der Waals surface area contributed by atoms with Crippen LogP contribution in [-0.4, -0.2) is 12.5 Å². The van der Waals surface area contributed by atoms with Crippen molar-refractivity contribution in [1.82, 2.24) is 0 Å². The van der Waals surface area contributed by atoms with Gasteiger partial charge in [0.15, 0.2) is 17.5 Å². The van der Waals surface area contributed by atoms with Gasteiger partial charge in [0.05, 0.1) is 5.56 Å². The molecule has 0 saturated carbocycles. The highest BCUT2D eigenvalue weighted by Gasteiger charge is 2.39. The second-order valence-electron chi connectivity index (χ2n) is 4.54. The molecule has 1 aromatic rings. The third-order valence-corrected chi connectivity index (χ3v) is 2.94. The molecule has 0 radical (unpaired) electrons. The fourth-order valence-electron chi connectivity index (χ4n) is 2.05. The molecule has 98 valence electrons. The number of halogens is 3. The SMILES string of the molecule is CCCC1=NC(C)(c2c(F)ccc(F)c2F)CO1. The highest BCUT2D eigenvalue weighted by molar-refractivity contribution is 5.78. The molecule has 2 nitrogen and oxygen atoms in total. The largest absolute Gasteiger partial charge is 0.478 e. The minimum absolute atomic E-state index is 0.0274. The molecule has 1 aromatic carbocycles. The monoisotopic (exact) mass is 257 g/mol. The Morgan fingerprint density at radius 1 is 1.28 bits per heavy atom. The zero-order chi connectivity index (χ0) is 13.3. The van der Waals surface area contributed by atoms with E-state index >= 15 is 0 Å². The number of rotatable bonds is 3. The van der Waals surface area contributed by atoms with Crippen LogP contribution >= 0.6 is 0 Å². The lowest BCUT2D eigenvalue weighted by atomic mass is 9.93. The van der Waals surface area contributed by atoms with Crippen LogP contribution < -0.4 is 0 Å². The number of hydrogen-bond acceptors (Lipinski definition) is 2. The fourth-order valence-corrected chi connectivity index (χ4v) is 2.05. The van der Waals surface area contributed by atoms with Crippen LogP contribution in [0.25, 0.3) is 0 Å². The van der Waals surface area contributed by atoms with Gasteiger partial charge in [-0.2, -0.15) is 0 Å². The molecule has 0 fully saturated rings. The maximum Gasteiger partial charge on any atom is 0.184 e. The number of hydrogen-bond donors (Lipinski definition) is 0. The van der Waals surface area contributed by atoms with Crippen molar-refractivity contribution >= 4 is 5.90 Å². The average molecular weight is 257 g/mol. The topological polar surface area (TPSA) is 21.6 Å². The fraction of sp³-hybridized carbons (Fsp3) is 0.462. The Kier molecular flexibility index (Phi) is 3.32. The summed E-state index contributed by atoms with van der Waals surface area (Å²) in [6, 6.07) is 1.68. The molecular weight excluding hydrogens is 243 g/mol. The molecule has 1 heterocycles. The van der Waals surface area contributed by atoms with E-state index < -0.39 is 23.0 Å². The molecule has 1 unspecified atom stereocenters. The van der Waals surface area contributed by atoms with Crippen molar-refractivity contribution in [3.8, 4) is 0 Å². The minimum Gasteiger partial charge on any atom is -0.478 e. The van der Waals surface area contributed by atoms with Gasteiger partial charge in [-0.05, 0) is 25.5 Å². The van der Waals surface area contributed by atoms with E-state index in [1.807, 2.05) is 6.92 Å². The Morgan fingerprint density at radius 3 is 2.61 bits per heavy atom. The van der Waals surface area contributed by atoms with E-state index in [0.29, 0.717) is 12.3 Å². The van der Waals surface area contributed by atoms with Crippen LogP contribution in [0.2, 0.25) is 0 Å². The molecule has 2 rings (SSSR count). The molecule has 0 spiro atoms. The molecular formula is C13H14F3NO. The lowest BCUT2D eigenvalue weighted by molar-refractivity contribution is 0.254.